The number of aliphatic hydroxyl groups excluding tert-OH is 1. The maximum Gasteiger partial charge on any atom is 0.417 e. The van der Waals surface area contributed by atoms with Crippen LogP contribution < -0.4 is 10.2 Å². The highest BCUT2D eigenvalue weighted by Gasteiger charge is 2.51. The molecule has 1 aliphatic heterocycles. The smallest absolute Gasteiger partial charge is 0.417 e. The SMILES string of the molecule is COC(=O)C(CCC(=O)N1CCC2(CC2)C(O)C1)NCCN(CCC(=O)OC(C)(C)C)c1ccc(C(F)(F)F)c(Cl)c1. The van der Waals surface area contributed by atoms with Crippen molar-refractivity contribution in [3.63, 3.8) is 0 Å². The summed E-state index contributed by atoms with van der Waals surface area (Å²) in [6.45, 7) is 6.58. The monoisotopic (exact) mass is 619 g/mol. The fourth-order valence-electron chi connectivity index (χ4n) is 5.15. The van der Waals surface area contributed by atoms with Crippen molar-refractivity contribution in [2.75, 3.05) is 44.7 Å². The summed E-state index contributed by atoms with van der Waals surface area (Å²) in [5.41, 5.74) is -1.33. The van der Waals surface area contributed by atoms with Gasteiger partial charge in [-0.1, -0.05) is 11.6 Å². The minimum absolute atomic E-state index is 0.0282. The lowest BCUT2D eigenvalue weighted by Gasteiger charge is -2.36. The number of esters is 2. The van der Waals surface area contributed by atoms with E-state index in [4.69, 9.17) is 21.1 Å². The van der Waals surface area contributed by atoms with E-state index in [-0.39, 0.29) is 56.8 Å². The lowest BCUT2D eigenvalue weighted by molar-refractivity contribution is -0.154. The van der Waals surface area contributed by atoms with E-state index < -0.39 is 46.4 Å². The number of carbonyl (C=O) groups excluding carboxylic acids is 3. The molecule has 1 aliphatic carbocycles. The highest BCUT2D eigenvalue weighted by molar-refractivity contribution is 6.31. The number of anilines is 1. The van der Waals surface area contributed by atoms with E-state index in [0.29, 0.717) is 12.2 Å². The van der Waals surface area contributed by atoms with Crippen LogP contribution in [-0.2, 0) is 30.0 Å². The van der Waals surface area contributed by atoms with Crippen LogP contribution in [0.1, 0.15) is 64.9 Å². The van der Waals surface area contributed by atoms with Gasteiger partial charge in [-0.15, -0.1) is 0 Å². The van der Waals surface area contributed by atoms with Gasteiger partial charge in [-0.2, -0.15) is 13.2 Å². The van der Waals surface area contributed by atoms with Crippen LogP contribution >= 0.6 is 11.6 Å². The topological polar surface area (TPSA) is 108 Å². The number of aliphatic hydroxyl groups is 1. The summed E-state index contributed by atoms with van der Waals surface area (Å²) in [6, 6.07) is 2.54. The molecule has 9 nitrogen and oxygen atoms in total. The maximum atomic E-state index is 13.2. The molecule has 2 atom stereocenters. The Kier molecular flexibility index (Phi) is 11.2. The van der Waals surface area contributed by atoms with E-state index in [0.717, 1.165) is 25.3 Å². The molecule has 0 radical (unpaired) electrons. The average molecular weight is 620 g/mol. The second-order valence-electron chi connectivity index (χ2n) is 12.0. The Labute approximate surface area is 249 Å². The second-order valence-corrected chi connectivity index (χ2v) is 12.4. The Morgan fingerprint density at radius 3 is 2.40 bits per heavy atom. The number of nitrogens with one attached hydrogen (secondary N) is 1. The molecule has 1 heterocycles. The van der Waals surface area contributed by atoms with Gasteiger partial charge in [0.15, 0.2) is 0 Å². The predicted molar refractivity (Wildman–Crippen MR) is 151 cm³/mol. The molecule has 1 aromatic rings. The number of benzene rings is 1. The van der Waals surface area contributed by atoms with Crippen LogP contribution in [0.5, 0.6) is 0 Å². The van der Waals surface area contributed by atoms with Gasteiger partial charge in [-0.25, -0.2) is 0 Å². The zero-order valence-corrected chi connectivity index (χ0v) is 25.3. The minimum atomic E-state index is -4.62. The number of halogens is 4. The summed E-state index contributed by atoms with van der Waals surface area (Å²) in [5.74, 6) is -1.19. The Bertz CT molecular complexity index is 1120. The molecule has 1 aromatic carbocycles. The van der Waals surface area contributed by atoms with Gasteiger partial charge in [0.05, 0.1) is 30.2 Å². The standard InChI is InChI=1S/C29H41ClF3N3O6/c1-27(2,3)42-25(39)9-14-35(19-5-6-20(21(30)17-19)29(31,32)33)16-13-34-22(26(40)41-4)7-8-24(38)36-15-12-28(10-11-28)23(37)18-36/h5-6,17,22-23,34,37H,7-16,18H2,1-4H3. The first-order valence-corrected chi connectivity index (χ1v) is 14.5. The van der Waals surface area contributed by atoms with Crippen LogP contribution in [0, 0.1) is 5.41 Å². The Morgan fingerprint density at radius 1 is 1.17 bits per heavy atom. The number of alkyl halides is 3. The quantitative estimate of drug-likeness (QED) is 0.336. The van der Waals surface area contributed by atoms with Crippen molar-refractivity contribution in [3.05, 3.63) is 28.8 Å². The summed E-state index contributed by atoms with van der Waals surface area (Å²) in [4.78, 5) is 40.9. The zero-order chi connectivity index (χ0) is 31.3. The van der Waals surface area contributed by atoms with Gasteiger partial charge in [0, 0.05) is 44.8 Å². The number of hydrogen-bond donors (Lipinski definition) is 2. The Hall–Kier alpha value is -2.57. The number of ether oxygens (including phenoxy) is 2. The number of methoxy groups -OCH3 is 1. The summed E-state index contributed by atoms with van der Waals surface area (Å²) in [7, 11) is 1.24. The van der Waals surface area contributed by atoms with Crippen LogP contribution in [0.15, 0.2) is 18.2 Å². The minimum Gasteiger partial charge on any atom is -0.468 e. The van der Waals surface area contributed by atoms with E-state index in [1.54, 1.807) is 30.6 Å². The molecule has 2 N–H and O–H groups in total. The van der Waals surface area contributed by atoms with Crippen LogP contribution in [0.4, 0.5) is 18.9 Å². The highest BCUT2D eigenvalue weighted by atomic mass is 35.5. The first-order valence-electron chi connectivity index (χ1n) is 14.2. The number of hydrogen-bond acceptors (Lipinski definition) is 8. The van der Waals surface area contributed by atoms with Crippen LogP contribution in [0.3, 0.4) is 0 Å². The molecule has 2 aliphatic rings. The zero-order valence-electron chi connectivity index (χ0n) is 24.6. The summed E-state index contributed by atoms with van der Waals surface area (Å²) in [6.07, 6.45) is -2.21. The van der Waals surface area contributed by atoms with Crippen molar-refractivity contribution in [3.8, 4) is 0 Å². The van der Waals surface area contributed by atoms with E-state index in [1.165, 1.54) is 19.2 Å². The van der Waals surface area contributed by atoms with Crippen LogP contribution in [0.25, 0.3) is 0 Å². The van der Waals surface area contributed by atoms with Crippen molar-refractivity contribution < 1.29 is 42.1 Å². The maximum absolute atomic E-state index is 13.2. The Balaban J connectivity index is 1.62. The summed E-state index contributed by atoms with van der Waals surface area (Å²) in [5, 5.41) is 13.0. The van der Waals surface area contributed by atoms with Gasteiger partial charge >= 0.3 is 18.1 Å². The largest absolute Gasteiger partial charge is 0.468 e. The summed E-state index contributed by atoms with van der Waals surface area (Å²) >= 11 is 5.95. The molecule has 2 fully saturated rings. The number of rotatable bonds is 12. The third kappa shape index (κ3) is 9.47. The lowest BCUT2D eigenvalue weighted by Crippen LogP contribution is -2.48. The molecular weight excluding hydrogens is 579 g/mol. The molecule has 13 heteroatoms. The van der Waals surface area contributed by atoms with E-state index in [9.17, 15) is 32.7 Å². The number of β-amino-alcohol motifs (C(OH)–C–C–N with tert-alkyl or cyclic N) is 1. The third-order valence-corrected chi connectivity index (χ3v) is 8.07. The van der Waals surface area contributed by atoms with Crippen molar-refractivity contribution >= 4 is 35.1 Å². The molecular formula is C29H41ClF3N3O6. The molecule has 42 heavy (non-hydrogen) atoms. The van der Waals surface area contributed by atoms with Gasteiger partial charge in [0.1, 0.15) is 11.6 Å². The molecule has 236 valence electrons. The van der Waals surface area contributed by atoms with Gasteiger partial charge in [0.2, 0.25) is 5.91 Å². The molecule has 1 spiro atoms. The van der Waals surface area contributed by atoms with Crippen molar-refractivity contribution in [1.82, 2.24) is 10.2 Å². The van der Waals surface area contributed by atoms with Crippen molar-refractivity contribution in [1.29, 1.82) is 0 Å². The van der Waals surface area contributed by atoms with Crippen LogP contribution in [-0.4, -0.2) is 85.4 Å². The molecule has 1 saturated carbocycles. The van der Waals surface area contributed by atoms with E-state index >= 15 is 0 Å². The fourth-order valence-corrected chi connectivity index (χ4v) is 5.43. The Morgan fingerprint density at radius 2 is 1.86 bits per heavy atom. The third-order valence-electron chi connectivity index (χ3n) is 7.76. The predicted octanol–water partition coefficient (Wildman–Crippen LogP) is 4.18. The second kappa shape index (κ2) is 13.8. The number of piperidine rings is 1. The number of amides is 1. The lowest BCUT2D eigenvalue weighted by atomic mass is 9.90. The number of likely N-dealkylation sites (tertiary alicyclic amines) is 1. The molecule has 2 unspecified atom stereocenters. The number of nitrogens with zero attached hydrogens (tertiary/aromatic N) is 2. The average Bonchev–Trinajstić information content (AvgIpc) is 3.67. The number of carbonyl (C=O) groups is 3. The molecule has 3 rings (SSSR count). The van der Waals surface area contributed by atoms with Gasteiger partial charge in [0.25, 0.3) is 0 Å². The van der Waals surface area contributed by atoms with Gasteiger partial charge in [-0.3, -0.25) is 14.4 Å². The van der Waals surface area contributed by atoms with E-state index in [1.807, 2.05) is 0 Å². The molecule has 1 saturated heterocycles. The highest BCUT2D eigenvalue weighted by Crippen LogP contribution is 2.53. The molecule has 1 amide bonds. The normalized spacial score (nSPS) is 18.9. The molecule has 0 bridgehead atoms. The van der Waals surface area contributed by atoms with E-state index in [2.05, 4.69) is 5.32 Å². The molecule has 0 aromatic heterocycles. The summed E-state index contributed by atoms with van der Waals surface area (Å²) < 4.78 is 50.0. The van der Waals surface area contributed by atoms with Crippen LogP contribution in [0.2, 0.25) is 5.02 Å². The first kappa shape index (κ1) is 33.9. The fraction of sp³-hybridized carbons (Fsp3) is 0.690. The van der Waals surface area contributed by atoms with Gasteiger partial charge in [-0.05, 0) is 70.1 Å². The van der Waals surface area contributed by atoms with Crippen molar-refractivity contribution in [2.45, 2.75) is 83.2 Å². The van der Waals surface area contributed by atoms with Crippen molar-refractivity contribution in [2.24, 2.45) is 5.41 Å². The first-order chi connectivity index (χ1) is 19.5. The van der Waals surface area contributed by atoms with Gasteiger partial charge < -0.3 is 29.7 Å².